The molecule has 0 saturated heterocycles. The lowest BCUT2D eigenvalue weighted by Gasteiger charge is -2.26. The van der Waals surface area contributed by atoms with E-state index < -0.39 is 0 Å². The maximum atomic E-state index is 9.71. The van der Waals surface area contributed by atoms with Gasteiger partial charge in [-0.05, 0) is 41.0 Å². The maximum Gasteiger partial charge on any atom is 0.0593 e. The van der Waals surface area contributed by atoms with E-state index >= 15 is 0 Å². The first-order valence-electron chi connectivity index (χ1n) is 9.07. The summed E-state index contributed by atoms with van der Waals surface area (Å²) in [5.41, 5.74) is 1.01. The van der Waals surface area contributed by atoms with Gasteiger partial charge in [0, 0.05) is 22.9 Å². The van der Waals surface area contributed by atoms with Gasteiger partial charge < -0.3 is 10.4 Å². The summed E-state index contributed by atoms with van der Waals surface area (Å²) in [4.78, 5) is 5.78. The largest absolute Gasteiger partial charge is 0.395 e. The molecule has 0 aliphatic heterocycles. The third-order valence-electron chi connectivity index (χ3n) is 4.60. The van der Waals surface area contributed by atoms with Crippen molar-refractivity contribution < 1.29 is 5.11 Å². The number of fused-ring (bicyclic) bond motifs is 1. The number of aromatic nitrogens is 1. The van der Waals surface area contributed by atoms with Gasteiger partial charge >= 0.3 is 0 Å². The van der Waals surface area contributed by atoms with Crippen molar-refractivity contribution >= 4 is 22.5 Å². The number of benzene rings is 2. The number of nitrogens with one attached hydrogen (secondary N) is 1. The normalized spacial score (nSPS) is 13.8. The van der Waals surface area contributed by atoms with Crippen LogP contribution in [-0.4, -0.2) is 28.5 Å². The van der Waals surface area contributed by atoms with Crippen LogP contribution >= 0.6 is 11.8 Å². The fourth-order valence-electron chi connectivity index (χ4n) is 2.95. The third-order valence-corrected chi connectivity index (χ3v) is 5.69. The van der Waals surface area contributed by atoms with E-state index in [9.17, 15) is 5.11 Å². The number of rotatable bonds is 8. The molecule has 3 aromatic rings. The Labute approximate surface area is 159 Å². The summed E-state index contributed by atoms with van der Waals surface area (Å²) in [5.74, 6) is 1.22. The van der Waals surface area contributed by atoms with Crippen molar-refractivity contribution in [1.82, 2.24) is 10.3 Å². The summed E-state index contributed by atoms with van der Waals surface area (Å²) in [7, 11) is 0. The molecule has 1 heterocycles. The summed E-state index contributed by atoms with van der Waals surface area (Å²) in [6.45, 7) is 4.38. The Kier molecular flexibility index (Phi) is 6.67. The van der Waals surface area contributed by atoms with Gasteiger partial charge in [-0.1, -0.05) is 50.2 Å². The predicted molar refractivity (Wildman–Crippen MR) is 110 cm³/mol. The summed E-state index contributed by atoms with van der Waals surface area (Å²) in [6.07, 6.45) is 1.83. The molecule has 0 spiro atoms. The first-order chi connectivity index (χ1) is 12.7. The number of nitrogens with zero attached hydrogens (tertiary/aromatic N) is 1. The molecule has 2 atom stereocenters. The zero-order chi connectivity index (χ0) is 18.4. The van der Waals surface area contributed by atoms with Crippen LogP contribution < -0.4 is 5.32 Å². The lowest BCUT2D eigenvalue weighted by Crippen LogP contribution is -2.40. The van der Waals surface area contributed by atoms with Crippen molar-refractivity contribution in [3.05, 3.63) is 72.6 Å². The van der Waals surface area contributed by atoms with Gasteiger partial charge in [-0.3, -0.25) is 4.98 Å². The summed E-state index contributed by atoms with van der Waals surface area (Å²) in [6, 6.07) is 21.1. The smallest absolute Gasteiger partial charge is 0.0593 e. The minimum Gasteiger partial charge on any atom is -0.395 e. The zero-order valence-electron chi connectivity index (χ0n) is 15.3. The highest BCUT2D eigenvalue weighted by atomic mass is 32.2. The van der Waals surface area contributed by atoms with E-state index in [-0.39, 0.29) is 18.7 Å². The Morgan fingerprint density at radius 2 is 1.77 bits per heavy atom. The summed E-state index contributed by atoms with van der Waals surface area (Å²) in [5, 5.41) is 15.8. The quantitative estimate of drug-likeness (QED) is 0.569. The molecule has 0 fully saturated rings. The second-order valence-electron chi connectivity index (χ2n) is 6.83. The minimum absolute atomic E-state index is 0.0548. The number of thioether (sulfide) groups is 1. The standard InChI is InChI=1S/C22H26N2OS/c1-16(2)21(14-25)24-22(20-9-5-6-12-23-20)15-26-19-11-10-17-7-3-4-8-18(17)13-19/h3-13,16,21-22,24-25H,14-15H2,1-2H3/t21-,22+/m1/s1. The molecular formula is C22H26N2OS. The zero-order valence-corrected chi connectivity index (χ0v) is 16.1. The van der Waals surface area contributed by atoms with Crippen molar-refractivity contribution in [2.75, 3.05) is 12.4 Å². The van der Waals surface area contributed by atoms with Crippen LogP contribution in [-0.2, 0) is 0 Å². The average Bonchev–Trinajstić information content (AvgIpc) is 2.68. The number of hydrogen-bond acceptors (Lipinski definition) is 4. The van der Waals surface area contributed by atoms with Crippen LogP contribution in [0.25, 0.3) is 10.8 Å². The van der Waals surface area contributed by atoms with Crippen LogP contribution in [0.2, 0.25) is 0 Å². The summed E-state index contributed by atoms with van der Waals surface area (Å²) >= 11 is 1.82. The van der Waals surface area contributed by atoms with Gasteiger partial charge in [-0.25, -0.2) is 0 Å². The number of hydrogen-bond donors (Lipinski definition) is 2. The van der Waals surface area contributed by atoms with Gasteiger partial charge in [0.25, 0.3) is 0 Å². The third kappa shape index (κ3) is 4.85. The van der Waals surface area contributed by atoms with E-state index in [1.807, 2.05) is 36.2 Å². The molecule has 2 N–H and O–H groups in total. The molecule has 136 valence electrons. The molecule has 1 aromatic heterocycles. The molecule has 0 aliphatic carbocycles. The topological polar surface area (TPSA) is 45.1 Å². The second kappa shape index (κ2) is 9.17. The Morgan fingerprint density at radius 1 is 1.00 bits per heavy atom. The van der Waals surface area contributed by atoms with E-state index in [4.69, 9.17) is 0 Å². The van der Waals surface area contributed by atoms with Gasteiger partial charge in [0.2, 0.25) is 0 Å². The van der Waals surface area contributed by atoms with Crippen molar-refractivity contribution in [3.8, 4) is 0 Å². The van der Waals surface area contributed by atoms with Crippen LogP contribution in [0.1, 0.15) is 25.6 Å². The van der Waals surface area contributed by atoms with Crippen molar-refractivity contribution in [2.45, 2.75) is 30.8 Å². The number of aliphatic hydroxyl groups excluding tert-OH is 1. The Bertz CT molecular complexity index is 822. The van der Waals surface area contributed by atoms with E-state index in [1.165, 1.54) is 15.7 Å². The van der Waals surface area contributed by atoms with Crippen LogP contribution in [0, 0.1) is 5.92 Å². The highest BCUT2D eigenvalue weighted by molar-refractivity contribution is 7.99. The predicted octanol–water partition coefficient (Wildman–Crippen LogP) is 4.67. The Morgan fingerprint density at radius 3 is 2.46 bits per heavy atom. The van der Waals surface area contributed by atoms with Gasteiger partial charge in [-0.2, -0.15) is 0 Å². The van der Waals surface area contributed by atoms with E-state index in [0.717, 1.165) is 11.4 Å². The molecule has 0 amide bonds. The molecule has 0 aliphatic rings. The van der Waals surface area contributed by atoms with Gasteiger partial charge in [0.15, 0.2) is 0 Å². The molecule has 2 aromatic carbocycles. The molecule has 26 heavy (non-hydrogen) atoms. The number of aliphatic hydroxyl groups is 1. The summed E-state index contributed by atoms with van der Waals surface area (Å²) < 4.78 is 0. The molecule has 0 bridgehead atoms. The molecule has 4 heteroatoms. The van der Waals surface area contributed by atoms with Crippen molar-refractivity contribution in [1.29, 1.82) is 0 Å². The lowest BCUT2D eigenvalue weighted by atomic mass is 10.0. The first-order valence-corrected chi connectivity index (χ1v) is 10.1. The SMILES string of the molecule is CC(C)[C@@H](CO)N[C@@H](CSc1ccc2ccccc2c1)c1ccccn1. The van der Waals surface area contributed by atoms with Crippen molar-refractivity contribution in [3.63, 3.8) is 0 Å². The van der Waals surface area contributed by atoms with Gasteiger partial charge in [0.05, 0.1) is 18.3 Å². The van der Waals surface area contributed by atoms with Crippen molar-refractivity contribution in [2.24, 2.45) is 5.92 Å². The van der Waals surface area contributed by atoms with Gasteiger partial charge in [-0.15, -0.1) is 11.8 Å². The molecule has 3 nitrogen and oxygen atoms in total. The highest BCUT2D eigenvalue weighted by Gasteiger charge is 2.20. The van der Waals surface area contributed by atoms with Crippen LogP contribution in [0.4, 0.5) is 0 Å². The molecule has 0 radical (unpaired) electrons. The fraction of sp³-hybridized carbons (Fsp3) is 0.318. The fourth-order valence-corrected chi connectivity index (χ4v) is 3.95. The van der Waals surface area contributed by atoms with Crippen LogP contribution in [0.3, 0.4) is 0 Å². The highest BCUT2D eigenvalue weighted by Crippen LogP contribution is 2.27. The Balaban J connectivity index is 1.76. The van der Waals surface area contributed by atoms with Crippen LogP contribution in [0.5, 0.6) is 0 Å². The lowest BCUT2D eigenvalue weighted by molar-refractivity contribution is 0.201. The average molecular weight is 367 g/mol. The molecular weight excluding hydrogens is 340 g/mol. The molecule has 0 unspecified atom stereocenters. The molecule has 0 saturated carbocycles. The second-order valence-corrected chi connectivity index (χ2v) is 7.92. The van der Waals surface area contributed by atoms with Crippen LogP contribution in [0.15, 0.2) is 71.8 Å². The van der Waals surface area contributed by atoms with E-state index in [0.29, 0.717) is 5.92 Å². The number of pyridine rings is 1. The first kappa shape index (κ1) is 18.9. The molecule has 3 rings (SSSR count). The maximum absolute atomic E-state index is 9.71. The van der Waals surface area contributed by atoms with E-state index in [1.54, 1.807) is 0 Å². The van der Waals surface area contributed by atoms with Gasteiger partial charge in [0.1, 0.15) is 0 Å². The monoisotopic (exact) mass is 366 g/mol. The Hall–Kier alpha value is -1.88. The van der Waals surface area contributed by atoms with E-state index in [2.05, 4.69) is 66.6 Å². The minimum atomic E-state index is 0.0548.